The number of hydrogen-bond donors (Lipinski definition) is 1. The van der Waals surface area contributed by atoms with Crippen LogP contribution in [-0.4, -0.2) is 46.4 Å². The Balaban J connectivity index is 1.32. The summed E-state index contributed by atoms with van der Waals surface area (Å²) in [5, 5.41) is 0.740. The second-order valence-corrected chi connectivity index (χ2v) is 7.95. The molecule has 0 unspecified atom stereocenters. The molecule has 5 heteroatoms. The first-order valence-electron chi connectivity index (χ1n) is 10.1. The summed E-state index contributed by atoms with van der Waals surface area (Å²) >= 11 is 0. The van der Waals surface area contributed by atoms with Gasteiger partial charge < -0.3 is 9.88 Å². The fourth-order valence-corrected chi connectivity index (χ4v) is 4.66. The molecular weight excluding hydrogens is 353 g/mol. The number of benzene rings is 2. The first-order valence-corrected chi connectivity index (χ1v) is 10.1. The van der Waals surface area contributed by atoms with Crippen LogP contribution in [0, 0.1) is 5.82 Å². The van der Waals surface area contributed by atoms with Crippen LogP contribution in [0.2, 0.25) is 0 Å². The van der Waals surface area contributed by atoms with Crippen molar-refractivity contribution in [2.75, 3.05) is 19.6 Å². The second-order valence-electron chi connectivity index (χ2n) is 7.95. The van der Waals surface area contributed by atoms with E-state index < -0.39 is 0 Å². The molecule has 1 amide bonds. The molecule has 0 spiro atoms. The summed E-state index contributed by atoms with van der Waals surface area (Å²) in [6, 6.07) is 15.4. The van der Waals surface area contributed by atoms with Crippen LogP contribution in [0.4, 0.5) is 4.39 Å². The van der Waals surface area contributed by atoms with E-state index in [9.17, 15) is 9.18 Å². The molecule has 4 nitrogen and oxygen atoms in total. The largest absolute Gasteiger partial charge is 0.351 e. The van der Waals surface area contributed by atoms with Gasteiger partial charge in [-0.05, 0) is 54.7 Å². The Labute approximate surface area is 163 Å². The van der Waals surface area contributed by atoms with E-state index in [1.54, 1.807) is 12.1 Å². The average molecular weight is 377 g/mol. The predicted molar refractivity (Wildman–Crippen MR) is 108 cm³/mol. The van der Waals surface area contributed by atoms with Gasteiger partial charge in [0.1, 0.15) is 11.5 Å². The molecule has 28 heavy (non-hydrogen) atoms. The highest BCUT2D eigenvalue weighted by molar-refractivity contribution is 5.98. The number of carbonyl (C=O) groups is 1. The van der Waals surface area contributed by atoms with Crippen molar-refractivity contribution in [3.8, 4) is 0 Å². The summed E-state index contributed by atoms with van der Waals surface area (Å²) in [5.41, 5.74) is 4.21. The number of rotatable bonds is 2. The molecule has 1 atom stereocenters. The number of amides is 1. The lowest BCUT2D eigenvalue weighted by molar-refractivity contribution is 0.0545. The highest BCUT2D eigenvalue weighted by Crippen LogP contribution is 2.25. The van der Waals surface area contributed by atoms with Crippen molar-refractivity contribution in [3.63, 3.8) is 0 Å². The SMILES string of the molecule is O=C(c1cc2cc(F)ccc2[nH]1)N1CCC[C@H](N2CCc3ccccc3C2)C1. The van der Waals surface area contributed by atoms with Gasteiger partial charge in [0.05, 0.1) is 0 Å². The Bertz CT molecular complexity index is 1030. The summed E-state index contributed by atoms with van der Waals surface area (Å²) in [6.07, 6.45) is 3.22. The molecule has 0 aliphatic carbocycles. The predicted octanol–water partition coefficient (Wildman–Crippen LogP) is 3.97. The normalized spacial score (nSPS) is 20.3. The third-order valence-electron chi connectivity index (χ3n) is 6.17. The molecule has 2 aromatic carbocycles. The zero-order valence-electron chi connectivity index (χ0n) is 15.8. The molecule has 1 fully saturated rings. The quantitative estimate of drug-likeness (QED) is 0.734. The maximum Gasteiger partial charge on any atom is 0.270 e. The molecule has 1 saturated heterocycles. The van der Waals surface area contributed by atoms with E-state index in [0.29, 0.717) is 11.7 Å². The van der Waals surface area contributed by atoms with Crippen LogP contribution in [0.3, 0.4) is 0 Å². The molecule has 0 bridgehead atoms. The Morgan fingerprint density at radius 3 is 2.82 bits per heavy atom. The lowest BCUT2D eigenvalue weighted by atomic mass is 9.96. The van der Waals surface area contributed by atoms with E-state index in [2.05, 4.69) is 34.1 Å². The molecule has 1 aromatic heterocycles. The lowest BCUT2D eigenvalue weighted by Crippen LogP contribution is -2.51. The minimum Gasteiger partial charge on any atom is -0.351 e. The number of carbonyl (C=O) groups excluding carboxylic acids is 1. The third-order valence-corrected chi connectivity index (χ3v) is 6.17. The Morgan fingerprint density at radius 1 is 1.07 bits per heavy atom. The van der Waals surface area contributed by atoms with Gasteiger partial charge in [0.2, 0.25) is 0 Å². The standard InChI is InChI=1S/C23H24FN3O/c24-19-7-8-21-18(12-19)13-22(25-21)23(28)27-10-3-6-20(15-27)26-11-9-16-4-1-2-5-17(16)14-26/h1-2,4-5,7-8,12-13,20,25H,3,6,9-11,14-15H2/t20-/m0/s1. The summed E-state index contributed by atoms with van der Waals surface area (Å²) in [7, 11) is 0. The molecule has 0 radical (unpaired) electrons. The number of hydrogen-bond acceptors (Lipinski definition) is 2. The average Bonchev–Trinajstić information content (AvgIpc) is 3.16. The monoisotopic (exact) mass is 377 g/mol. The third kappa shape index (κ3) is 3.20. The van der Waals surface area contributed by atoms with Gasteiger partial charge in [-0.1, -0.05) is 24.3 Å². The van der Waals surface area contributed by atoms with E-state index in [-0.39, 0.29) is 11.7 Å². The van der Waals surface area contributed by atoms with Gasteiger partial charge in [0, 0.05) is 43.1 Å². The van der Waals surface area contributed by atoms with Gasteiger partial charge in [-0.3, -0.25) is 9.69 Å². The number of aromatic nitrogens is 1. The molecule has 144 valence electrons. The number of aromatic amines is 1. The number of halogens is 1. The van der Waals surface area contributed by atoms with Crippen LogP contribution in [0.25, 0.3) is 10.9 Å². The molecule has 2 aliphatic heterocycles. The number of fused-ring (bicyclic) bond motifs is 2. The smallest absolute Gasteiger partial charge is 0.270 e. The summed E-state index contributed by atoms with van der Waals surface area (Å²) in [6.45, 7) is 3.55. The van der Waals surface area contributed by atoms with Crippen LogP contribution in [0.15, 0.2) is 48.5 Å². The van der Waals surface area contributed by atoms with E-state index in [4.69, 9.17) is 0 Å². The minimum absolute atomic E-state index is 0.0127. The summed E-state index contributed by atoms with van der Waals surface area (Å²) in [4.78, 5) is 20.7. The van der Waals surface area contributed by atoms with Gasteiger partial charge >= 0.3 is 0 Å². The molecule has 3 heterocycles. The van der Waals surface area contributed by atoms with Gasteiger partial charge in [0.25, 0.3) is 5.91 Å². The fourth-order valence-electron chi connectivity index (χ4n) is 4.66. The van der Waals surface area contributed by atoms with Crippen molar-refractivity contribution in [1.29, 1.82) is 0 Å². The first-order chi connectivity index (χ1) is 13.7. The van der Waals surface area contributed by atoms with Crippen LogP contribution in [-0.2, 0) is 13.0 Å². The van der Waals surface area contributed by atoms with Crippen LogP contribution >= 0.6 is 0 Å². The van der Waals surface area contributed by atoms with Crippen LogP contribution < -0.4 is 0 Å². The van der Waals surface area contributed by atoms with Crippen molar-refractivity contribution in [2.45, 2.75) is 31.8 Å². The molecule has 2 aliphatic rings. The van der Waals surface area contributed by atoms with E-state index in [1.165, 1.54) is 23.3 Å². The van der Waals surface area contributed by atoms with Crippen molar-refractivity contribution in [1.82, 2.24) is 14.8 Å². The minimum atomic E-state index is -0.283. The number of H-pyrrole nitrogens is 1. The zero-order chi connectivity index (χ0) is 19.1. The molecule has 1 N–H and O–H groups in total. The second kappa shape index (κ2) is 7.06. The number of nitrogens with one attached hydrogen (secondary N) is 1. The lowest BCUT2D eigenvalue weighted by Gasteiger charge is -2.41. The number of likely N-dealkylation sites (tertiary alicyclic amines) is 1. The van der Waals surface area contributed by atoms with Gasteiger partial charge in [-0.15, -0.1) is 0 Å². The Kier molecular flexibility index (Phi) is 4.40. The maximum atomic E-state index is 13.4. The summed E-state index contributed by atoms with van der Waals surface area (Å²) in [5.74, 6) is -0.271. The highest BCUT2D eigenvalue weighted by Gasteiger charge is 2.30. The summed E-state index contributed by atoms with van der Waals surface area (Å²) < 4.78 is 13.4. The maximum absolute atomic E-state index is 13.4. The molecular formula is C23H24FN3O. The van der Waals surface area contributed by atoms with E-state index >= 15 is 0 Å². The Hall–Kier alpha value is -2.66. The number of nitrogens with zero attached hydrogens (tertiary/aromatic N) is 2. The molecule has 3 aromatic rings. The number of piperidine rings is 1. The van der Waals surface area contributed by atoms with Crippen molar-refractivity contribution in [3.05, 3.63) is 71.2 Å². The highest BCUT2D eigenvalue weighted by atomic mass is 19.1. The molecule has 5 rings (SSSR count). The van der Waals surface area contributed by atoms with Gasteiger partial charge in [0.15, 0.2) is 0 Å². The fraction of sp³-hybridized carbons (Fsp3) is 0.348. The first kappa shape index (κ1) is 17.4. The van der Waals surface area contributed by atoms with Crippen LogP contribution in [0.1, 0.15) is 34.5 Å². The van der Waals surface area contributed by atoms with E-state index in [0.717, 1.165) is 56.3 Å². The Morgan fingerprint density at radius 2 is 1.93 bits per heavy atom. The van der Waals surface area contributed by atoms with Crippen molar-refractivity contribution >= 4 is 16.8 Å². The topological polar surface area (TPSA) is 39.3 Å². The van der Waals surface area contributed by atoms with Crippen molar-refractivity contribution in [2.24, 2.45) is 0 Å². The van der Waals surface area contributed by atoms with Crippen molar-refractivity contribution < 1.29 is 9.18 Å². The van der Waals surface area contributed by atoms with Gasteiger partial charge in [-0.25, -0.2) is 4.39 Å². The zero-order valence-corrected chi connectivity index (χ0v) is 15.8. The molecule has 0 saturated carbocycles. The van der Waals surface area contributed by atoms with Gasteiger partial charge in [-0.2, -0.15) is 0 Å². The van der Waals surface area contributed by atoms with E-state index in [1.807, 2.05) is 4.90 Å². The van der Waals surface area contributed by atoms with Crippen LogP contribution in [0.5, 0.6) is 0 Å².